The van der Waals surface area contributed by atoms with Crippen molar-refractivity contribution in [2.24, 2.45) is 7.05 Å². The summed E-state index contributed by atoms with van der Waals surface area (Å²) in [5.74, 6) is 2.61. The molecule has 1 N–H and O–H groups in total. The Labute approximate surface area is 72.0 Å². The van der Waals surface area contributed by atoms with Gasteiger partial charge in [0.15, 0.2) is 0 Å². The van der Waals surface area contributed by atoms with Crippen molar-refractivity contribution < 1.29 is 0 Å². The molecule has 12 heavy (non-hydrogen) atoms. The van der Waals surface area contributed by atoms with Gasteiger partial charge in [-0.1, -0.05) is 12.8 Å². The Hall–Kier alpha value is -1.34. The molecular formula is C8H12N4. The van der Waals surface area contributed by atoms with Crippen molar-refractivity contribution in [3.63, 3.8) is 0 Å². The van der Waals surface area contributed by atoms with E-state index in [1.165, 1.54) is 4.80 Å². The summed E-state index contributed by atoms with van der Waals surface area (Å²) in [5, 5.41) is 11.1. The van der Waals surface area contributed by atoms with E-state index in [1.807, 2.05) is 6.92 Å². The lowest BCUT2D eigenvalue weighted by Crippen LogP contribution is -2.19. The van der Waals surface area contributed by atoms with Gasteiger partial charge in [0.1, 0.15) is 11.7 Å². The van der Waals surface area contributed by atoms with E-state index in [9.17, 15) is 0 Å². The molecule has 0 bridgehead atoms. The van der Waals surface area contributed by atoms with Crippen LogP contribution in [-0.4, -0.2) is 21.5 Å². The quantitative estimate of drug-likeness (QED) is 0.644. The topological polar surface area (TPSA) is 42.7 Å². The van der Waals surface area contributed by atoms with Crippen LogP contribution in [0.1, 0.15) is 18.7 Å². The summed E-state index contributed by atoms with van der Waals surface area (Å²) in [7, 11) is 1.77. The van der Waals surface area contributed by atoms with Crippen LogP contribution in [0, 0.1) is 12.3 Å². The van der Waals surface area contributed by atoms with Gasteiger partial charge in [-0.15, -0.1) is 6.42 Å². The molecule has 64 valence electrons. The molecular weight excluding hydrogens is 152 g/mol. The zero-order valence-electron chi connectivity index (χ0n) is 7.28. The first-order valence-corrected chi connectivity index (χ1v) is 3.83. The minimum absolute atomic E-state index is 0.122. The van der Waals surface area contributed by atoms with E-state index in [0.29, 0.717) is 0 Å². The minimum Gasteiger partial charge on any atom is -0.299 e. The van der Waals surface area contributed by atoms with Crippen molar-refractivity contribution >= 4 is 0 Å². The van der Waals surface area contributed by atoms with Crippen LogP contribution in [0.3, 0.4) is 0 Å². The van der Waals surface area contributed by atoms with Gasteiger partial charge in [0.25, 0.3) is 0 Å². The standard InChI is InChI=1S/C8H12N4/c1-4-7(9-5-2)8-6-10-12(3)11-8/h1,6-7,9H,5H2,2-3H3. The molecule has 1 aromatic rings. The zero-order chi connectivity index (χ0) is 8.97. The summed E-state index contributed by atoms with van der Waals surface area (Å²) in [6.45, 7) is 2.83. The van der Waals surface area contributed by atoms with Crippen LogP contribution in [-0.2, 0) is 7.05 Å². The Morgan fingerprint density at radius 1 is 1.83 bits per heavy atom. The lowest BCUT2D eigenvalue weighted by atomic mass is 10.2. The molecule has 0 aliphatic rings. The smallest absolute Gasteiger partial charge is 0.115 e. The van der Waals surface area contributed by atoms with Crippen LogP contribution in [0.25, 0.3) is 0 Å². The second-order valence-electron chi connectivity index (χ2n) is 2.42. The molecule has 0 aromatic carbocycles. The average Bonchev–Trinajstić information content (AvgIpc) is 2.47. The van der Waals surface area contributed by atoms with Crippen molar-refractivity contribution in [1.29, 1.82) is 0 Å². The normalized spacial score (nSPS) is 12.4. The first-order valence-electron chi connectivity index (χ1n) is 3.83. The number of hydrogen-bond acceptors (Lipinski definition) is 3. The van der Waals surface area contributed by atoms with Crippen LogP contribution in [0.2, 0.25) is 0 Å². The Bertz CT molecular complexity index is 283. The number of aromatic nitrogens is 3. The Balaban J connectivity index is 2.74. The highest BCUT2D eigenvalue weighted by Gasteiger charge is 2.09. The van der Waals surface area contributed by atoms with Crippen LogP contribution >= 0.6 is 0 Å². The van der Waals surface area contributed by atoms with E-state index < -0.39 is 0 Å². The monoisotopic (exact) mass is 164 g/mol. The fourth-order valence-corrected chi connectivity index (χ4v) is 0.947. The molecule has 0 radical (unpaired) electrons. The van der Waals surface area contributed by atoms with Gasteiger partial charge in [0, 0.05) is 7.05 Å². The first kappa shape index (κ1) is 8.75. The minimum atomic E-state index is -0.122. The summed E-state index contributed by atoms with van der Waals surface area (Å²) in [5.41, 5.74) is 0.793. The molecule has 0 saturated heterocycles. The second-order valence-corrected chi connectivity index (χ2v) is 2.42. The van der Waals surface area contributed by atoms with Crippen LogP contribution < -0.4 is 5.32 Å². The van der Waals surface area contributed by atoms with E-state index in [0.717, 1.165) is 12.2 Å². The van der Waals surface area contributed by atoms with Crippen molar-refractivity contribution in [1.82, 2.24) is 20.3 Å². The Morgan fingerprint density at radius 3 is 3.00 bits per heavy atom. The van der Waals surface area contributed by atoms with Gasteiger partial charge in [-0.25, -0.2) is 0 Å². The van der Waals surface area contributed by atoms with Gasteiger partial charge in [-0.3, -0.25) is 5.32 Å². The average molecular weight is 164 g/mol. The molecule has 0 amide bonds. The number of nitrogens with zero attached hydrogens (tertiary/aromatic N) is 3. The SMILES string of the molecule is C#CC(NCC)c1cnn(C)n1. The largest absolute Gasteiger partial charge is 0.299 e. The molecule has 1 atom stereocenters. The third-order valence-corrected chi connectivity index (χ3v) is 1.49. The molecule has 0 aliphatic carbocycles. The van der Waals surface area contributed by atoms with E-state index in [4.69, 9.17) is 6.42 Å². The lowest BCUT2D eigenvalue weighted by Gasteiger charge is -2.06. The molecule has 0 fully saturated rings. The Kier molecular flexibility index (Phi) is 2.83. The number of hydrogen-bond donors (Lipinski definition) is 1. The van der Waals surface area contributed by atoms with Crippen molar-refractivity contribution in [2.45, 2.75) is 13.0 Å². The molecule has 0 saturated carbocycles. The van der Waals surface area contributed by atoms with Gasteiger partial charge in [0.2, 0.25) is 0 Å². The summed E-state index contributed by atoms with van der Waals surface area (Å²) >= 11 is 0. The first-order chi connectivity index (χ1) is 5.77. The highest BCUT2D eigenvalue weighted by Crippen LogP contribution is 2.05. The highest BCUT2D eigenvalue weighted by atomic mass is 15.4. The molecule has 4 nitrogen and oxygen atoms in total. The Morgan fingerprint density at radius 2 is 2.58 bits per heavy atom. The fourth-order valence-electron chi connectivity index (χ4n) is 0.947. The summed E-state index contributed by atoms with van der Waals surface area (Å²) in [6.07, 6.45) is 6.98. The predicted octanol–water partition coefficient (Wildman–Crippen LogP) is 0.0989. The molecule has 1 heterocycles. The van der Waals surface area contributed by atoms with E-state index >= 15 is 0 Å². The molecule has 4 heteroatoms. The van der Waals surface area contributed by atoms with Crippen LogP contribution in [0.4, 0.5) is 0 Å². The molecule has 1 rings (SSSR count). The fraction of sp³-hybridized carbons (Fsp3) is 0.500. The number of terminal acetylenes is 1. The number of rotatable bonds is 3. The summed E-state index contributed by atoms with van der Waals surface area (Å²) < 4.78 is 0. The second kappa shape index (κ2) is 3.88. The van der Waals surface area contributed by atoms with Crippen molar-refractivity contribution in [2.75, 3.05) is 6.54 Å². The van der Waals surface area contributed by atoms with E-state index in [1.54, 1.807) is 13.2 Å². The molecule has 0 aliphatic heterocycles. The predicted molar refractivity (Wildman–Crippen MR) is 46.3 cm³/mol. The lowest BCUT2D eigenvalue weighted by molar-refractivity contribution is 0.607. The maximum atomic E-state index is 5.31. The number of aryl methyl sites for hydroxylation is 1. The summed E-state index contributed by atoms with van der Waals surface area (Å²) in [4.78, 5) is 1.50. The van der Waals surface area contributed by atoms with Crippen molar-refractivity contribution in [3.05, 3.63) is 11.9 Å². The highest BCUT2D eigenvalue weighted by molar-refractivity contribution is 5.13. The third kappa shape index (κ3) is 1.83. The van der Waals surface area contributed by atoms with Gasteiger partial charge >= 0.3 is 0 Å². The van der Waals surface area contributed by atoms with Gasteiger partial charge in [0.05, 0.1) is 6.20 Å². The maximum absolute atomic E-state index is 5.31. The summed E-state index contributed by atoms with van der Waals surface area (Å²) in [6, 6.07) is -0.122. The van der Waals surface area contributed by atoms with E-state index in [2.05, 4.69) is 21.4 Å². The zero-order valence-corrected chi connectivity index (χ0v) is 7.28. The molecule has 1 unspecified atom stereocenters. The van der Waals surface area contributed by atoms with E-state index in [-0.39, 0.29) is 6.04 Å². The van der Waals surface area contributed by atoms with Gasteiger partial charge < -0.3 is 0 Å². The van der Waals surface area contributed by atoms with Crippen LogP contribution in [0.5, 0.6) is 0 Å². The number of nitrogens with one attached hydrogen (secondary N) is 1. The van der Waals surface area contributed by atoms with Crippen LogP contribution in [0.15, 0.2) is 6.20 Å². The van der Waals surface area contributed by atoms with Gasteiger partial charge in [-0.05, 0) is 6.54 Å². The maximum Gasteiger partial charge on any atom is 0.115 e. The van der Waals surface area contributed by atoms with Gasteiger partial charge in [-0.2, -0.15) is 15.0 Å². The van der Waals surface area contributed by atoms with Crippen molar-refractivity contribution in [3.8, 4) is 12.3 Å². The molecule has 1 aromatic heterocycles. The third-order valence-electron chi connectivity index (χ3n) is 1.49. The molecule has 0 spiro atoms.